The molecule has 1 saturated carbocycles. The van der Waals surface area contributed by atoms with E-state index >= 15 is 0 Å². The number of aromatic nitrogens is 3. The molecule has 0 saturated heterocycles. The lowest BCUT2D eigenvalue weighted by Crippen LogP contribution is -2.21. The van der Waals surface area contributed by atoms with Crippen LogP contribution in [0.25, 0.3) is 11.3 Å². The van der Waals surface area contributed by atoms with Gasteiger partial charge in [-0.2, -0.15) is 0 Å². The van der Waals surface area contributed by atoms with E-state index in [0.29, 0.717) is 11.1 Å². The summed E-state index contributed by atoms with van der Waals surface area (Å²) in [5, 5.41) is 0. The van der Waals surface area contributed by atoms with Crippen molar-refractivity contribution < 1.29 is 0 Å². The SMILES string of the molecule is CCSc1ccc2c(c1)N(c1ncc(-c3cc(N)ccn3)cn1)CC21CC1. The molecule has 1 aromatic carbocycles. The molecule has 0 unspecified atom stereocenters. The third-order valence-corrected chi connectivity index (χ3v) is 6.29. The predicted octanol–water partition coefficient (Wildman–Crippen LogP) is 4.42. The molecule has 0 radical (unpaired) electrons. The molecule has 1 aliphatic carbocycles. The van der Waals surface area contributed by atoms with E-state index in [2.05, 4.69) is 45.0 Å². The van der Waals surface area contributed by atoms with E-state index in [4.69, 9.17) is 5.73 Å². The van der Waals surface area contributed by atoms with E-state index in [9.17, 15) is 0 Å². The van der Waals surface area contributed by atoms with Crippen LogP contribution in [-0.4, -0.2) is 27.2 Å². The minimum absolute atomic E-state index is 0.308. The zero-order valence-electron chi connectivity index (χ0n) is 15.2. The van der Waals surface area contributed by atoms with E-state index in [-0.39, 0.29) is 0 Å². The quantitative estimate of drug-likeness (QED) is 0.681. The minimum Gasteiger partial charge on any atom is -0.399 e. The summed E-state index contributed by atoms with van der Waals surface area (Å²) in [6, 6.07) is 10.5. The minimum atomic E-state index is 0.308. The van der Waals surface area contributed by atoms with Gasteiger partial charge in [-0.25, -0.2) is 9.97 Å². The highest BCUT2D eigenvalue weighted by atomic mass is 32.2. The zero-order valence-corrected chi connectivity index (χ0v) is 16.0. The molecule has 5 rings (SSSR count). The maximum Gasteiger partial charge on any atom is 0.229 e. The summed E-state index contributed by atoms with van der Waals surface area (Å²) in [7, 11) is 0. The molecule has 0 atom stereocenters. The van der Waals surface area contributed by atoms with Crippen LogP contribution in [0.15, 0.2) is 53.8 Å². The Balaban J connectivity index is 1.50. The Kier molecular flexibility index (Phi) is 3.82. The predicted molar refractivity (Wildman–Crippen MR) is 110 cm³/mol. The summed E-state index contributed by atoms with van der Waals surface area (Å²) in [6.45, 7) is 3.16. The number of nitrogens with two attached hydrogens (primary N) is 1. The first kappa shape index (κ1) is 16.6. The van der Waals surface area contributed by atoms with Gasteiger partial charge in [-0.3, -0.25) is 4.98 Å². The van der Waals surface area contributed by atoms with E-state index < -0.39 is 0 Å². The average Bonchev–Trinajstić information content (AvgIpc) is 3.40. The molecular weight excluding hydrogens is 354 g/mol. The molecule has 1 aliphatic heterocycles. The second kappa shape index (κ2) is 6.23. The van der Waals surface area contributed by atoms with E-state index in [1.807, 2.05) is 30.2 Å². The van der Waals surface area contributed by atoms with Gasteiger partial charge in [0.1, 0.15) is 0 Å². The van der Waals surface area contributed by atoms with Crippen molar-refractivity contribution in [2.75, 3.05) is 22.9 Å². The molecule has 3 heterocycles. The molecule has 136 valence electrons. The molecule has 1 fully saturated rings. The van der Waals surface area contributed by atoms with Gasteiger partial charge in [0, 0.05) is 52.4 Å². The van der Waals surface area contributed by atoms with Crippen LogP contribution in [0, 0.1) is 0 Å². The van der Waals surface area contributed by atoms with Gasteiger partial charge < -0.3 is 10.6 Å². The summed E-state index contributed by atoms with van der Waals surface area (Å²) >= 11 is 1.87. The summed E-state index contributed by atoms with van der Waals surface area (Å²) in [6.07, 6.45) is 7.89. The van der Waals surface area contributed by atoms with Crippen molar-refractivity contribution in [1.29, 1.82) is 0 Å². The standard InChI is InChI=1S/C21H21N5S/c1-2-27-16-3-4-17-19(10-16)26(13-21(17)6-7-21)20-24-11-14(12-25-20)18-9-15(22)5-8-23-18/h3-5,8-12H,2,6-7,13H2,1H3,(H2,22,23). The van der Waals surface area contributed by atoms with Crippen molar-refractivity contribution in [2.24, 2.45) is 0 Å². The number of nitrogen functional groups attached to an aromatic ring is 1. The van der Waals surface area contributed by atoms with Crippen LogP contribution >= 0.6 is 11.8 Å². The number of rotatable bonds is 4. The first-order chi connectivity index (χ1) is 13.2. The Bertz CT molecular complexity index is 998. The summed E-state index contributed by atoms with van der Waals surface area (Å²) < 4.78 is 0. The Labute approximate surface area is 163 Å². The van der Waals surface area contributed by atoms with Gasteiger partial charge in [-0.1, -0.05) is 13.0 Å². The van der Waals surface area contributed by atoms with Crippen molar-refractivity contribution in [3.05, 3.63) is 54.5 Å². The summed E-state index contributed by atoms with van der Waals surface area (Å²) in [4.78, 5) is 17.3. The van der Waals surface area contributed by atoms with Gasteiger partial charge in [-0.05, 0) is 48.4 Å². The topological polar surface area (TPSA) is 67.9 Å². The number of anilines is 3. The van der Waals surface area contributed by atoms with Gasteiger partial charge in [0.05, 0.1) is 5.69 Å². The average molecular weight is 376 g/mol. The van der Waals surface area contributed by atoms with Crippen LogP contribution < -0.4 is 10.6 Å². The highest BCUT2D eigenvalue weighted by Gasteiger charge is 2.52. The van der Waals surface area contributed by atoms with Gasteiger partial charge in [0.15, 0.2) is 0 Å². The largest absolute Gasteiger partial charge is 0.399 e. The van der Waals surface area contributed by atoms with Gasteiger partial charge >= 0.3 is 0 Å². The van der Waals surface area contributed by atoms with Crippen LogP contribution in [0.4, 0.5) is 17.3 Å². The fraction of sp³-hybridized carbons (Fsp3) is 0.286. The maximum atomic E-state index is 5.86. The molecule has 2 aliphatic rings. The normalized spacial score (nSPS) is 16.6. The first-order valence-corrected chi connectivity index (χ1v) is 10.3. The molecule has 0 amide bonds. The lowest BCUT2D eigenvalue weighted by atomic mass is 9.99. The van der Waals surface area contributed by atoms with Crippen LogP contribution in [0.1, 0.15) is 25.3 Å². The molecule has 0 bridgehead atoms. The molecule has 6 heteroatoms. The maximum absolute atomic E-state index is 5.86. The fourth-order valence-electron chi connectivity index (χ4n) is 3.87. The van der Waals surface area contributed by atoms with Crippen molar-refractivity contribution in [2.45, 2.75) is 30.1 Å². The number of nitrogens with zero attached hydrogens (tertiary/aromatic N) is 4. The Morgan fingerprint density at radius 3 is 2.63 bits per heavy atom. The molecule has 27 heavy (non-hydrogen) atoms. The van der Waals surface area contributed by atoms with Crippen LogP contribution in [0.2, 0.25) is 0 Å². The van der Waals surface area contributed by atoms with E-state index in [1.54, 1.807) is 12.3 Å². The van der Waals surface area contributed by atoms with Crippen LogP contribution in [0.3, 0.4) is 0 Å². The van der Waals surface area contributed by atoms with Gasteiger partial charge in [0.2, 0.25) is 5.95 Å². The molecule has 5 nitrogen and oxygen atoms in total. The lowest BCUT2D eigenvalue weighted by molar-refractivity contribution is 0.735. The summed E-state index contributed by atoms with van der Waals surface area (Å²) in [5.74, 6) is 1.83. The van der Waals surface area contributed by atoms with Crippen LogP contribution in [-0.2, 0) is 5.41 Å². The Morgan fingerprint density at radius 1 is 1.11 bits per heavy atom. The van der Waals surface area contributed by atoms with Crippen molar-refractivity contribution >= 4 is 29.1 Å². The number of fused-ring (bicyclic) bond motifs is 2. The molecular formula is C21H21N5S. The van der Waals surface area contributed by atoms with Crippen molar-refractivity contribution in [3.63, 3.8) is 0 Å². The van der Waals surface area contributed by atoms with Crippen molar-refractivity contribution in [3.8, 4) is 11.3 Å². The smallest absolute Gasteiger partial charge is 0.229 e. The third-order valence-electron chi connectivity index (χ3n) is 5.42. The second-order valence-electron chi connectivity index (χ2n) is 7.22. The van der Waals surface area contributed by atoms with E-state index in [1.165, 1.54) is 29.0 Å². The number of benzene rings is 1. The third kappa shape index (κ3) is 2.84. The number of hydrogen-bond donors (Lipinski definition) is 1. The molecule has 3 aromatic rings. The van der Waals surface area contributed by atoms with Crippen molar-refractivity contribution in [1.82, 2.24) is 15.0 Å². The summed E-state index contributed by atoms with van der Waals surface area (Å²) in [5.41, 5.74) is 11.2. The monoisotopic (exact) mass is 375 g/mol. The number of pyridine rings is 1. The Hall–Kier alpha value is -2.60. The first-order valence-electron chi connectivity index (χ1n) is 9.27. The molecule has 2 aromatic heterocycles. The highest BCUT2D eigenvalue weighted by Crippen LogP contribution is 2.58. The Morgan fingerprint density at radius 2 is 1.93 bits per heavy atom. The van der Waals surface area contributed by atoms with Gasteiger partial charge in [0.25, 0.3) is 0 Å². The van der Waals surface area contributed by atoms with Crippen LogP contribution in [0.5, 0.6) is 0 Å². The number of thioether (sulfide) groups is 1. The fourth-order valence-corrected chi connectivity index (χ4v) is 4.56. The second-order valence-corrected chi connectivity index (χ2v) is 8.56. The lowest BCUT2D eigenvalue weighted by Gasteiger charge is -2.18. The molecule has 1 spiro atoms. The zero-order chi connectivity index (χ0) is 18.4. The molecule has 2 N–H and O–H groups in total. The van der Waals surface area contributed by atoms with Gasteiger partial charge in [-0.15, -0.1) is 11.8 Å². The van der Waals surface area contributed by atoms with E-state index in [0.717, 1.165) is 29.5 Å². The highest BCUT2D eigenvalue weighted by molar-refractivity contribution is 7.99. The number of hydrogen-bond acceptors (Lipinski definition) is 6.